The predicted octanol–water partition coefficient (Wildman–Crippen LogP) is 0.866. The molecule has 2 rings (SSSR count). The molecule has 1 saturated carbocycles. The molecule has 7 heteroatoms. The quantitative estimate of drug-likeness (QED) is 0.759. The van der Waals surface area contributed by atoms with Crippen LogP contribution in [0.1, 0.15) is 19.3 Å². The van der Waals surface area contributed by atoms with E-state index in [1.165, 1.54) is 13.3 Å². The van der Waals surface area contributed by atoms with E-state index in [-0.39, 0.29) is 23.9 Å². The van der Waals surface area contributed by atoms with Crippen LogP contribution in [0.5, 0.6) is 5.88 Å². The molecular formula is C13H18N4O3. The first kappa shape index (κ1) is 14.1. The van der Waals surface area contributed by atoms with E-state index in [1.54, 1.807) is 12.1 Å². The number of pyridine rings is 1. The van der Waals surface area contributed by atoms with Crippen LogP contribution in [0.15, 0.2) is 18.3 Å². The molecule has 4 N–H and O–H groups in total. The fourth-order valence-corrected chi connectivity index (χ4v) is 2.38. The number of methoxy groups -OCH3 is 1. The van der Waals surface area contributed by atoms with E-state index in [4.69, 9.17) is 10.5 Å². The number of carbonyl (C=O) groups is 2. The number of ether oxygens (including phenoxy) is 1. The summed E-state index contributed by atoms with van der Waals surface area (Å²) in [5, 5.41) is 5.44. The number of nitrogens with one attached hydrogen (secondary N) is 2. The van der Waals surface area contributed by atoms with Crippen molar-refractivity contribution >= 4 is 17.6 Å². The molecule has 1 aromatic heterocycles. The van der Waals surface area contributed by atoms with Gasteiger partial charge in [0.1, 0.15) is 0 Å². The molecule has 1 aliphatic carbocycles. The van der Waals surface area contributed by atoms with Crippen LogP contribution in [0.4, 0.5) is 10.5 Å². The van der Waals surface area contributed by atoms with E-state index in [9.17, 15) is 9.59 Å². The summed E-state index contributed by atoms with van der Waals surface area (Å²) in [4.78, 5) is 27.1. The fourth-order valence-electron chi connectivity index (χ4n) is 2.38. The molecule has 108 valence electrons. The second-order valence-corrected chi connectivity index (χ2v) is 4.73. The van der Waals surface area contributed by atoms with E-state index in [1.807, 2.05) is 0 Å². The maximum atomic E-state index is 11.9. The molecule has 0 saturated heterocycles. The van der Waals surface area contributed by atoms with Gasteiger partial charge in [-0.2, -0.15) is 0 Å². The van der Waals surface area contributed by atoms with Crippen molar-refractivity contribution in [2.75, 3.05) is 12.4 Å². The fraction of sp³-hybridized carbons (Fsp3) is 0.462. The first-order valence-electron chi connectivity index (χ1n) is 6.47. The number of rotatable bonds is 4. The van der Waals surface area contributed by atoms with Crippen molar-refractivity contribution in [1.29, 1.82) is 0 Å². The average Bonchev–Trinajstić information content (AvgIpc) is 2.87. The maximum absolute atomic E-state index is 11.9. The number of nitrogens with two attached hydrogens (primary N) is 1. The minimum atomic E-state index is -0.366. The normalized spacial score (nSPS) is 21.2. The van der Waals surface area contributed by atoms with Crippen molar-refractivity contribution in [3.8, 4) is 5.88 Å². The van der Waals surface area contributed by atoms with Crippen LogP contribution in [-0.4, -0.2) is 30.1 Å². The van der Waals surface area contributed by atoms with Crippen LogP contribution >= 0.6 is 0 Å². The van der Waals surface area contributed by atoms with Gasteiger partial charge in [0, 0.05) is 12.1 Å². The van der Waals surface area contributed by atoms with Gasteiger partial charge in [0.2, 0.25) is 11.8 Å². The smallest absolute Gasteiger partial charge is 0.319 e. The van der Waals surface area contributed by atoms with Crippen LogP contribution in [0.3, 0.4) is 0 Å². The molecule has 1 aliphatic rings. The summed E-state index contributed by atoms with van der Waals surface area (Å²) in [6.45, 7) is 0. The Balaban J connectivity index is 1.90. The highest BCUT2D eigenvalue weighted by molar-refractivity contribution is 5.90. The number of urea groups is 1. The largest absolute Gasteiger partial charge is 0.481 e. The summed E-state index contributed by atoms with van der Waals surface area (Å²) in [5.41, 5.74) is 5.87. The summed E-state index contributed by atoms with van der Waals surface area (Å²) >= 11 is 0. The molecule has 0 bridgehead atoms. The van der Waals surface area contributed by atoms with Gasteiger partial charge in [0.05, 0.1) is 24.9 Å². The summed E-state index contributed by atoms with van der Waals surface area (Å²) in [5.74, 6) is -0.172. The minimum Gasteiger partial charge on any atom is -0.481 e. The third-order valence-electron chi connectivity index (χ3n) is 3.40. The van der Waals surface area contributed by atoms with Crippen molar-refractivity contribution < 1.29 is 14.3 Å². The molecule has 1 aromatic rings. The summed E-state index contributed by atoms with van der Waals surface area (Å²) in [6, 6.07) is 2.78. The van der Waals surface area contributed by atoms with Crippen LogP contribution in [0.25, 0.3) is 0 Å². The van der Waals surface area contributed by atoms with E-state index in [0.717, 1.165) is 19.3 Å². The van der Waals surface area contributed by atoms with Gasteiger partial charge in [-0.1, -0.05) is 6.42 Å². The van der Waals surface area contributed by atoms with Gasteiger partial charge in [0.25, 0.3) is 0 Å². The molecule has 0 unspecified atom stereocenters. The molecule has 7 nitrogen and oxygen atoms in total. The third kappa shape index (κ3) is 3.37. The number of anilines is 1. The van der Waals surface area contributed by atoms with Gasteiger partial charge in [-0.15, -0.1) is 0 Å². The van der Waals surface area contributed by atoms with Crippen LogP contribution in [0, 0.1) is 5.92 Å². The van der Waals surface area contributed by atoms with E-state index in [0.29, 0.717) is 11.6 Å². The topological polar surface area (TPSA) is 106 Å². The van der Waals surface area contributed by atoms with Gasteiger partial charge in [-0.25, -0.2) is 9.78 Å². The first-order valence-corrected chi connectivity index (χ1v) is 6.47. The number of hydrogen-bond acceptors (Lipinski definition) is 4. The molecular weight excluding hydrogens is 260 g/mol. The Morgan fingerprint density at radius 1 is 1.40 bits per heavy atom. The molecule has 0 spiro atoms. The van der Waals surface area contributed by atoms with Gasteiger partial charge in [-0.05, 0) is 18.9 Å². The zero-order valence-electron chi connectivity index (χ0n) is 11.3. The molecule has 1 heterocycles. The molecule has 0 aromatic carbocycles. The zero-order valence-corrected chi connectivity index (χ0v) is 11.3. The number of carbonyl (C=O) groups excluding carboxylic acids is 2. The second kappa shape index (κ2) is 6.23. The van der Waals surface area contributed by atoms with Crippen molar-refractivity contribution in [3.63, 3.8) is 0 Å². The number of primary amides is 1. The summed E-state index contributed by atoms with van der Waals surface area (Å²) in [6.07, 6.45) is 3.88. The second-order valence-electron chi connectivity index (χ2n) is 4.73. The molecule has 2 atom stereocenters. The molecule has 0 aliphatic heterocycles. The van der Waals surface area contributed by atoms with E-state index >= 15 is 0 Å². The summed E-state index contributed by atoms with van der Waals surface area (Å²) < 4.78 is 4.93. The Hall–Kier alpha value is -2.31. The minimum absolute atomic E-state index is 0.196. The Morgan fingerprint density at radius 2 is 2.20 bits per heavy atom. The van der Waals surface area contributed by atoms with Gasteiger partial charge in [0.15, 0.2) is 0 Å². The lowest BCUT2D eigenvalue weighted by molar-refractivity contribution is -0.122. The van der Waals surface area contributed by atoms with Crippen LogP contribution in [-0.2, 0) is 4.79 Å². The summed E-state index contributed by atoms with van der Waals surface area (Å²) in [7, 11) is 1.52. The van der Waals surface area contributed by atoms with E-state index in [2.05, 4.69) is 15.6 Å². The third-order valence-corrected chi connectivity index (χ3v) is 3.40. The van der Waals surface area contributed by atoms with Crippen molar-refractivity contribution in [1.82, 2.24) is 10.3 Å². The molecule has 0 radical (unpaired) electrons. The number of aromatic nitrogens is 1. The Morgan fingerprint density at radius 3 is 2.80 bits per heavy atom. The van der Waals surface area contributed by atoms with E-state index < -0.39 is 0 Å². The van der Waals surface area contributed by atoms with Gasteiger partial charge in [-0.3, -0.25) is 4.79 Å². The highest BCUT2D eigenvalue weighted by atomic mass is 16.5. The highest BCUT2D eigenvalue weighted by Gasteiger charge is 2.32. The molecule has 20 heavy (non-hydrogen) atoms. The van der Waals surface area contributed by atoms with Crippen LogP contribution < -0.4 is 21.1 Å². The van der Waals surface area contributed by atoms with Crippen LogP contribution in [0.2, 0.25) is 0 Å². The first-order chi connectivity index (χ1) is 9.60. The highest BCUT2D eigenvalue weighted by Crippen LogP contribution is 2.25. The van der Waals surface area contributed by atoms with Gasteiger partial charge < -0.3 is 21.1 Å². The molecule has 3 amide bonds. The zero-order chi connectivity index (χ0) is 14.5. The average molecular weight is 278 g/mol. The number of nitrogens with zero attached hydrogens (tertiary/aromatic N) is 1. The van der Waals surface area contributed by atoms with Crippen molar-refractivity contribution in [3.05, 3.63) is 18.3 Å². The van der Waals surface area contributed by atoms with Crippen molar-refractivity contribution in [2.24, 2.45) is 11.7 Å². The SMILES string of the molecule is COc1ccc(NC(=O)N[C@@H]2CCC[C@H]2C(N)=O)cn1. The Kier molecular flexibility index (Phi) is 4.39. The lowest BCUT2D eigenvalue weighted by Gasteiger charge is -2.18. The maximum Gasteiger partial charge on any atom is 0.319 e. The van der Waals surface area contributed by atoms with Gasteiger partial charge >= 0.3 is 6.03 Å². The van der Waals surface area contributed by atoms with Crippen molar-refractivity contribution in [2.45, 2.75) is 25.3 Å². The lowest BCUT2D eigenvalue weighted by Crippen LogP contribution is -2.44. The molecule has 1 fully saturated rings. The Labute approximate surface area is 116 Å². The lowest BCUT2D eigenvalue weighted by atomic mass is 10.0. The number of hydrogen-bond donors (Lipinski definition) is 3. The number of amides is 3. The monoisotopic (exact) mass is 278 g/mol. The predicted molar refractivity (Wildman–Crippen MR) is 73.3 cm³/mol. The standard InChI is InChI=1S/C13H18N4O3/c1-20-11-6-5-8(7-15-11)16-13(19)17-10-4-2-3-9(10)12(14)18/h5-7,9-10H,2-4H2,1H3,(H2,14,18)(H2,16,17,19)/t9-,10-/m1/s1. The Bertz CT molecular complexity index is 489.